The lowest BCUT2D eigenvalue weighted by Gasteiger charge is -2.17. The van der Waals surface area contributed by atoms with Gasteiger partial charge >= 0.3 is 5.97 Å². The molecular formula is C17H12O2. The second-order valence-electron chi connectivity index (χ2n) is 4.97. The van der Waals surface area contributed by atoms with E-state index in [1.165, 1.54) is 21.5 Å². The number of fused-ring (bicyclic) bond motifs is 4. The van der Waals surface area contributed by atoms with Crippen molar-refractivity contribution in [2.24, 2.45) is 0 Å². The number of ether oxygens (including phenoxy) is 1. The molecule has 3 aromatic rings. The Morgan fingerprint density at radius 3 is 2.63 bits per heavy atom. The Balaban J connectivity index is 2.08. The van der Waals surface area contributed by atoms with Gasteiger partial charge in [-0.15, -0.1) is 0 Å². The number of rotatable bonds is 0. The zero-order chi connectivity index (χ0) is 12.8. The lowest BCUT2D eigenvalue weighted by Crippen LogP contribution is -2.16. The number of hydrogen-bond acceptors (Lipinski definition) is 2. The van der Waals surface area contributed by atoms with Crippen molar-refractivity contribution in [3.8, 4) is 0 Å². The molecule has 3 aromatic carbocycles. The van der Waals surface area contributed by atoms with Gasteiger partial charge in [0, 0.05) is 0 Å². The minimum Gasteiger partial charge on any atom is -0.461 e. The predicted molar refractivity (Wildman–Crippen MR) is 75.0 cm³/mol. The van der Waals surface area contributed by atoms with E-state index in [1.54, 1.807) is 0 Å². The van der Waals surface area contributed by atoms with Crippen LogP contribution in [0.4, 0.5) is 0 Å². The van der Waals surface area contributed by atoms with Crippen LogP contribution in [0, 0.1) is 0 Å². The molecule has 0 N–H and O–H groups in total. The van der Waals surface area contributed by atoms with Gasteiger partial charge in [0.05, 0.1) is 6.42 Å². The van der Waals surface area contributed by atoms with Crippen LogP contribution in [0.3, 0.4) is 0 Å². The highest BCUT2D eigenvalue weighted by molar-refractivity contribution is 6.08. The second kappa shape index (κ2) is 3.82. The standard InChI is InChI=1S/C17H12O2/c18-17-9-13-8-16-12(7-14(13)10-19-17)6-5-11-3-1-2-4-15(11)16/h1-8H,9-10H2. The van der Waals surface area contributed by atoms with Crippen LogP contribution < -0.4 is 0 Å². The van der Waals surface area contributed by atoms with Crippen LogP contribution in [0.1, 0.15) is 11.1 Å². The van der Waals surface area contributed by atoms with Crippen molar-refractivity contribution in [2.45, 2.75) is 13.0 Å². The fourth-order valence-electron chi connectivity index (χ4n) is 2.81. The zero-order valence-corrected chi connectivity index (χ0v) is 10.3. The molecule has 0 fully saturated rings. The van der Waals surface area contributed by atoms with E-state index in [2.05, 4.69) is 42.5 Å². The maximum Gasteiger partial charge on any atom is 0.310 e. The first-order chi connectivity index (χ1) is 9.31. The van der Waals surface area contributed by atoms with Crippen molar-refractivity contribution in [1.29, 1.82) is 0 Å². The molecule has 1 aliphatic rings. The predicted octanol–water partition coefficient (Wildman–Crippen LogP) is 3.59. The number of benzene rings is 3. The Morgan fingerprint density at radius 1 is 0.842 bits per heavy atom. The van der Waals surface area contributed by atoms with Gasteiger partial charge in [0.1, 0.15) is 6.61 Å². The smallest absolute Gasteiger partial charge is 0.310 e. The molecule has 0 aromatic heterocycles. The van der Waals surface area contributed by atoms with Gasteiger partial charge in [0.15, 0.2) is 0 Å². The number of cyclic esters (lactones) is 1. The molecule has 2 nitrogen and oxygen atoms in total. The molecular weight excluding hydrogens is 236 g/mol. The van der Waals surface area contributed by atoms with Crippen LogP contribution in [0.2, 0.25) is 0 Å². The van der Waals surface area contributed by atoms with Gasteiger partial charge in [0.25, 0.3) is 0 Å². The third-order valence-corrected chi connectivity index (χ3v) is 3.79. The second-order valence-corrected chi connectivity index (χ2v) is 4.97. The lowest BCUT2D eigenvalue weighted by molar-refractivity contribution is -0.145. The Bertz CT molecular complexity index is 818. The average Bonchev–Trinajstić information content (AvgIpc) is 2.45. The van der Waals surface area contributed by atoms with E-state index in [0.29, 0.717) is 13.0 Å². The Kier molecular flexibility index (Phi) is 2.12. The van der Waals surface area contributed by atoms with E-state index < -0.39 is 0 Å². The summed E-state index contributed by atoms with van der Waals surface area (Å²) < 4.78 is 5.10. The number of carbonyl (C=O) groups is 1. The summed E-state index contributed by atoms with van der Waals surface area (Å²) in [6.45, 7) is 0.400. The van der Waals surface area contributed by atoms with Crippen molar-refractivity contribution in [3.05, 3.63) is 59.7 Å². The zero-order valence-electron chi connectivity index (χ0n) is 10.3. The quantitative estimate of drug-likeness (QED) is 0.449. The van der Waals surface area contributed by atoms with E-state index in [-0.39, 0.29) is 5.97 Å². The van der Waals surface area contributed by atoms with Crippen molar-refractivity contribution in [3.63, 3.8) is 0 Å². The van der Waals surface area contributed by atoms with E-state index in [4.69, 9.17) is 4.74 Å². The molecule has 1 heterocycles. The van der Waals surface area contributed by atoms with Crippen molar-refractivity contribution in [1.82, 2.24) is 0 Å². The molecule has 0 unspecified atom stereocenters. The molecule has 92 valence electrons. The molecule has 19 heavy (non-hydrogen) atoms. The summed E-state index contributed by atoms with van der Waals surface area (Å²) in [6.07, 6.45) is 0.383. The molecule has 0 spiro atoms. The van der Waals surface area contributed by atoms with E-state index >= 15 is 0 Å². The molecule has 0 bridgehead atoms. The SMILES string of the molecule is O=C1Cc2cc3c(ccc4ccccc43)cc2CO1. The van der Waals surface area contributed by atoms with Crippen LogP contribution >= 0.6 is 0 Å². The van der Waals surface area contributed by atoms with Crippen LogP contribution in [0.15, 0.2) is 48.5 Å². The van der Waals surface area contributed by atoms with Gasteiger partial charge in [-0.25, -0.2) is 0 Å². The first kappa shape index (κ1) is 10.6. The Labute approximate surface area is 110 Å². The van der Waals surface area contributed by atoms with Crippen molar-refractivity contribution < 1.29 is 9.53 Å². The molecule has 0 amide bonds. The van der Waals surface area contributed by atoms with Crippen LogP contribution in [-0.4, -0.2) is 5.97 Å². The average molecular weight is 248 g/mol. The van der Waals surface area contributed by atoms with Gasteiger partial charge in [-0.2, -0.15) is 0 Å². The lowest BCUT2D eigenvalue weighted by atomic mass is 9.94. The van der Waals surface area contributed by atoms with Crippen LogP contribution in [0.5, 0.6) is 0 Å². The largest absolute Gasteiger partial charge is 0.461 e. The van der Waals surface area contributed by atoms with E-state index in [1.807, 2.05) is 6.07 Å². The van der Waals surface area contributed by atoms with Gasteiger partial charge in [-0.05, 0) is 44.8 Å². The fraction of sp³-hybridized carbons (Fsp3) is 0.118. The summed E-state index contributed by atoms with van der Waals surface area (Å²) in [5.41, 5.74) is 2.22. The maximum absolute atomic E-state index is 11.4. The van der Waals surface area contributed by atoms with Crippen molar-refractivity contribution >= 4 is 27.5 Å². The topological polar surface area (TPSA) is 26.3 Å². The van der Waals surface area contributed by atoms with Crippen molar-refractivity contribution in [2.75, 3.05) is 0 Å². The normalized spacial score (nSPS) is 14.4. The molecule has 2 heteroatoms. The number of hydrogen-bond donors (Lipinski definition) is 0. The molecule has 0 aliphatic carbocycles. The third kappa shape index (κ3) is 1.60. The van der Waals surface area contributed by atoms with Crippen LogP contribution in [-0.2, 0) is 22.6 Å². The minimum absolute atomic E-state index is 0.132. The summed E-state index contributed by atoms with van der Waals surface area (Å²) in [4.78, 5) is 11.4. The first-order valence-corrected chi connectivity index (χ1v) is 6.40. The molecule has 0 radical (unpaired) electrons. The minimum atomic E-state index is -0.132. The summed E-state index contributed by atoms with van der Waals surface area (Å²) >= 11 is 0. The Hall–Kier alpha value is -2.35. The fourth-order valence-corrected chi connectivity index (χ4v) is 2.81. The monoisotopic (exact) mass is 248 g/mol. The molecule has 0 saturated carbocycles. The molecule has 4 rings (SSSR count). The third-order valence-electron chi connectivity index (χ3n) is 3.79. The highest BCUT2D eigenvalue weighted by atomic mass is 16.5. The molecule has 0 saturated heterocycles. The molecule has 0 atom stereocenters. The van der Waals surface area contributed by atoms with E-state index in [0.717, 1.165) is 11.1 Å². The van der Waals surface area contributed by atoms with Gasteiger partial charge < -0.3 is 4.74 Å². The van der Waals surface area contributed by atoms with Gasteiger partial charge in [0.2, 0.25) is 0 Å². The van der Waals surface area contributed by atoms with Gasteiger partial charge in [-0.1, -0.05) is 36.4 Å². The van der Waals surface area contributed by atoms with Gasteiger partial charge in [-0.3, -0.25) is 4.79 Å². The number of esters is 1. The highest BCUT2D eigenvalue weighted by Crippen LogP contribution is 2.30. The summed E-state index contributed by atoms with van der Waals surface area (Å²) in [5, 5.41) is 4.89. The number of carbonyl (C=O) groups excluding carboxylic acids is 1. The summed E-state index contributed by atoms with van der Waals surface area (Å²) in [6, 6.07) is 16.9. The van der Waals surface area contributed by atoms with Crippen LogP contribution in [0.25, 0.3) is 21.5 Å². The van der Waals surface area contributed by atoms with E-state index in [9.17, 15) is 4.79 Å². The maximum atomic E-state index is 11.4. The first-order valence-electron chi connectivity index (χ1n) is 6.40. The summed E-state index contributed by atoms with van der Waals surface area (Å²) in [5.74, 6) is -0.132. The Morgan fingerprint density at radius 2 is 1.68 bits per heavy atom. The highest BCUT2D eigenvalue weighted by Gasteiger charge is 2.17. The molecule has 1 aliphatic heterocycles. The summed E-state index contributed by atoms with van der Waals surface area (Å²) in [7, 11) is 0.